The topological polar surface area (TPSA) is 75.4 Å². The van der Waals surface area contributed by atoms with Crippen molar-refractivity contribution in [3.8, 4) is 0 Å². The lowest BCUT2D eigenvalue weighted by atomic mass is 9.93. The second-order valence-electron chi connectivity index (χ2n) is 3.85. The minimum absolute atomic E-state index is 0.00382. The van der Waals surface area contributed by atoms with Crippen molar-refractivity contribution in [2.45, 2.75) is 37.6 Å². The van der Waals surface area contributed by atoms with Crippen LogP contribution in [-0.4, -0.2) is 29.5 Å². The van der Waals surface area contributed by atoms with Crippen molar-refractivity contribution in [3.05, 3.63) is 27.7 Å². The summed E-state index contributed by atoms with van der Waals surface area (Å²) in [6.07, 6.45) is -18.7. The van der Waals surface area contributed by atoms with E-state index in [4.69, 9.17) is 42.6 Å². The maximum absolute atomic E-state index is 12.5. The molecular weight excluding hydrogens is 299 g/mol. The molecule has 1 saturated carbocycles. The van der Waals surface area contributed by atoms with Gasteiger partial charge in [-0.2, -0.15) is 0 Å². The SMILES string of the molecule is [2H]C1([2H])C([2H])([2H])C([2H])(NCC(=O)c2cc(Cl)c(N)c(Cl)c2)C([2H])([2H])C([2H])([2H])C1([2H])O. The molecule has 20 heavy (non-hydrogen) atoms. The number of nitrogens with two attached hydrogens (primary N) is 1. The number of hydrogen-bond donors (Lipinski definition) is 3. The molecule has 0 heterocycles. The molecule has 0 aromatic heterocycles. The molecule has 1 aliphatic rings. The molecule has 4 N–H and O–H groups in total. The van der Waals surface area contributed by atoms with Crippen LogP contribution in [0.1, 0.15) is 49.6 Å². The fourth-order valence-electron chi connectivity index (χ4n) is 1.41. The van der Waals surface area contributed by atoms with Crippen LogP contribution in [0.4, 0.5) is 5.69 Å². The highest BCUT2D eigenvalue weighted by molar-refractivity contribution is 6.39. The highest BCUT2D eigenvalue weighted by Crippen LogP contribution is 2.29. The molecule has 0 amide bonds. The highest BCUT2D eigenvalue weighted by Gasteiger charge is 2.20. The minimum Gasteiger partial charge on any atom is -0.396 e. The van der Waals surface area contributed by atoms with Crippen molar-refractivity contribution in [1.29, 1.82) is 0 Å². The van der Waals surface area contributed by atoms with Crippen LogP contribution in [0.25, 0.3) is 0 Å². The van der Waals surface area contributed by atoms with E-state index >= 15 is 0 Å². The Morgan fingerprint density at radius 1 is 1.40 bits per heavy atom. The summed E-state index contributed by atoms with van der Waals surface area (Å²) < 4.78 is 79.2. The fraction of sp³-hybridized carbons (Fsp3) is 0.500. The third-order valence-electron chi connectivity index (χ3n) is 2.44. The molecule has 1 aliphatic carbocycles. The van der Waals surface area contributed by atoms with Crippen molar-refractivity contribution in [2.24, 2.45) is 0 Å². The van der Waals surface area contributed by atoms with Crippen LogP contribution in [-0.2, 0) is 0 Å². The first kappa shape index (κ1) is 6.97. The van der Waals surface area contributed by atoms with Gasteiger partial charge in [-0.25, -0.2) is 0 Å². The Bertz CT molecular complexity index is 840. The number of anilines is 1. The van der Waals surface area contributed by atoms with Crippen molar-refractivity contribution >= 4 is 34.7 Å². The molecule has 2 rings (SSSR count). The lowest BCUT2D eigenvalue weighted by Crippen LogP contribution is -2.37. The van der Waals surface area contributed by atoms with E-state index in [0.717, 1.165) is 12.1 Å². The van der Waals surface area contributed by atoms with E-state index in [1.165, 1.54) is 0 Å². The number of halogens is 2. The molecule has 1 aromatic carbocycles. The van der Waals surface area contributed by atoms with Gasteiger partial charge in [0.25, 0.3) is 0 Å². The standard InChI is InChI=1S/C14H18Cl2N2O2/c15-11-5-8(6-12(16)14(11)17)13(20)7-18-9-1-3-10(19)4-2-9/h5-6,9-10,18-19H,1-4,7,17H2/i1D2,2D2,3D2,4D2,9D,10D. The third-order valence-corrected chi connectivity index (χ3v) is 3.06. The molecule has 4 nitrogen and oxygen atoms in total. The molecule has 0 aliphatic heterocycles. The first-order chi connectivity index (χ1) is 13.2. The quantitative estimate of drug-likeness (QED) is 0.587. The number of nitrogen functional groups attached to an aromatic ring is 1. The van der Waals surface area contributed by atoms with Gasteiger partial charge in [0.15, 0.2) is 5.78 Å². The van der Waals surface area contributed by atoms with Gasteiger partial charge in [-0.1, -0.05) is 23.2 Å². The first-order valence-electron chi connectivity index (χ1n) is 10.5. The summed E-state index contributed by atoms with van der Waals surface area (Å²) in [4.78, 5) is 12.5. The summed E-state index contributed by atoms with van der Waals surface area (Å²) in [5.74, 6) is -0.857. The van der Waals surface area contributed by atoms with Crippen LogP contribution in [0.15, 0.2) is 12.1 Å². The molecule has 110 valence electrons. The number of benzene rings is 1. The number of aliphatic hydroxyl groups is 1. The number of ketones is 1. The number of hydrogen-bond acceptors (Lipinski definition) is 4. The van der Waals surface area contributed by atoms with Crippen LogP contribution in [0, 0.1) is 0 Å². The van der Waals surface area contributed by atoms with Gasteiger partial charge >= 0.3 is 0 Å². The summed E-state index contributed by atoms with van der Waals surface area (Å²) in [6, 6.07) is -1.17. The van der Waals surface area contributed by atoms with Gasteiger partial charge in [-0.15, -0.1) is 0 Å². The lowest BCUT2D eigenvalue weighted by Gasteiger charge is -2.26. The van der Waals surface area contributed by atoms with E-state index < -0.39 is 49.9 Å². The van der Waals surface area contributed by atoms with E-state index in [1.54, 1.807) is 0 Å². The third kappa shape index (κ3) is 3.85. The summed E-state index contributed by atoms with van der Waals surface area (Å²) in [5.41, 5.74) is 5.44. The van der Waals surface area contributed by atoms with Crippen molar-refractivity contribution in [2.75, 3.05) is 12.3 Å². The Hall–Kier alpha value is -0.810. The highest BCUT2D eigenvalue weighted by atomic mass is 35.5. The fourth-order valence-corrected chi connectivity index (χ4v) is 1.90. The Morgan fingerprint density at radius 2 is 1.95 bits per heavy atom. The maximum Gasteiger partial charge on any atom is 0.176 e. The molecule has 0 atom stereocenters. The summed E-state index contributed by atoms with van der Waals surface area (Å²) >= 11 is 11.7. The average molecular weight is 327 g/mol. The monoisotopic (exact) mass is 326 g/mol. The molecular formula is C14H18Cl2N2O2. The minimum atomic E-state index is -3.89. The Balaban J connectivity index is 2.50. The molecule has 0 bridgehead atoms. The zero-order valence-electron chi connectivity index (χ0n) is 20.1. The number of nitrogens with one attached hydrogen (secondary N) is 1. The van der Waals surface area contributed by atoms with Crippen molar-refractivity contribution in [1.82, 2.24) is 5.32 Å². The molecule has 0 unspecified atom stereocenters. The maximum atomic E-state index is 12.5. The molecule has 0 spiro atoms. The van der Waals surface area contributed by atoms with Crippen LogP contribution >= 0.6 is 23.2 Å². The van der Waals surface area contributed by atoms with Crippen molar-refractivity contribution in [3.63, 3.8) is 0 Å². The smallest absolute Gasteiger partial charge is 0.176 e. The van der Waals surface area contributed by atoms with E-state index in [9.17, 15) is 9.90 Å². The predicted octanol–water partition coefficient (Wildman–Crippen LogP) is 2.65. The Labute approximate surface area is 142 Å². The number of carbonyl (C=O) groups is 1. The van der Waals surface area contributed by atoms with E-state index in [-0.39, 0.29) is 21.3 Å². The first-order valence-corrected chi connectivity index (χ1v) is 6.21. The van der Waals surface area contributed by atoms with Gasteiger partial charge in [0.05, 0.1) is 29.7 Å². The molecule has 6 heteroatoms. The predicted molar refractivity (Wildman–Crippen MR) is 81.5 cm³/mol. The second kappa shape index (κ2) is 6.76. The van der Waals surface area contributed by atoms with Gasteiger partial charge in [0.1, 0.15) is 0 Å². The van der Waals surface area contributed by atoms with Crippen LogP contribution in [0.2, 0.25) is 10.0 Å². The van der Waals surface area contributed by atoms with Gasteiger partial charge < -0.3 is 16.2 Å². The normalized spacial score (nSPS) is 47.5. The van der Waals surface area contributed by atoms with Crippen LogP contribution < -0.4 is 11.1 Å². The van der Waals surface area contributed by atoms with E-state index in [2.05, 4.69) is 0 Å². The molecule has 1 fully saturated rings. The summed E-state index contributed by atoms with van der Waals surface area (Å²) in [6.45, 7) is -0.943. The average Bonchev–Trinajstić information content (AvgIpc) is 2.61. The largest absolute Gasteiger partial charge is 0.396 e. The second-order valence-corrected chi connectivity index (χ2v) is 4.67. The van der Waals surface area contributed by atoms with E-state index in [0.29, 0.717) is 0 Å². The lowest BCUT2D eigenvalue weighted by molar-refractivity contribution is 0.0964. The van der Waals surface area contributed by atoms with Gasteiger partial charge in [-0.3, -0.25) is 4.79 Å². The molecule has 1 aromatic rings. The number of carbonyl (C=O) groups excluding carboxylic acids is 1. The van der Waals surface area contributed by atoms with Gasteiger partial charge in [-0.05, 0) is 37.6 Å². The van der Waals surface area contributed by atoms with Crippen LogP contribution in [0.5, 0.6) is 0 Å². The Morgan fingerprint density at radius 3 is 2.50 bits per heavy atom. The number of Topliss-reactive ketones (excluding diaryl/α,β-unsaturated/α-hetero) is 1. The van der Waals surface area contributed by atoms with Gasteiger partial charge in [0.2, 0.25) is 0 Å². The summed E-state index contributed by atoms with van der Waals surface area (Å²) in [5, 5.41) is 11.9. The molecule has 0 radical (unpaired) electrons. The van der Waals surface area contributed by atoms with Gasteiger partial charge in [0, 0.05) is 23.9 Å². The van der Waals surface area contributed by atoms with Crippen LogP contribution in [0.3, 0.4) is 0 Å². The molecule has 0 saturated heterocycles. The van der Waals surface area contributed by atoms with E-state index in [1.807, 2.05) is 5.32 Å². The Kier molecular flexibility index (Phi) is 2.36. The van der Waals surface area contributed by atoms with Crippen molar-refractivity contribution < 1.29 is 23.6 Å². The zero-order chi connectivity index (χ0) is 23.7. The zero-order valence-corrected chi connectivity index (χ0v) is 11.6. The summed E-state index contributed by atoms with van der Waals surface area (Å²) in [7, 11) is 0. The number of rotatable bonds is 4.